The maximum Gasteiger partial charge on any atom is 0.184 e. The van der Waals surface area contributed by atoms with Crippen molar-refractivity contribution in [3.63, 3.8) is 0 Å². The van der Waals surface area contributed by atoms with Gasteiger partial charge in [0.25, 0.3) is 0 Å². The molecule has 0 bridgehead atoms. The largest absolute Gasteiger partial charge is 0.375 e. The van der Waals surface area contributed by atoms with Gasteiger partial charge in [0.15, 0.2) is 5.11 Å². The maximum absolute atomic E-state index is 5.16. The van der Waals surface area contributed by atoms with Crippen molar-refractivity contribution in [2.24, 2.45) is 10.8 Å². The highest BCUT2D eigenvalue weighted by molar-refractivity contribution is 7.80. The number of nitrogens with one attached hydrogen (secondary N) is 1. The summed E-state index contributed by atoms with van der Waals surface area (Å²) >= 11 is 4.57. The second kappa shape index (κ2) is 8.46. The van der Waals surface area contributed by atoms with E-state index in [2.05, 4.69) is 29.7 Å². The van der Waals surface area contributed by atoms with E-state index < -0.39 is 0 Å². The third kappa shape index (κ3) is 9.36. The van der Waals surface area contributed by atoms with Crippen molar-refractivity contribution in [1.29, 1.82) is 0 Å². The molecule has 0 fully saturated rings. The van der Waals surface area contributed by atoms with E-state index in [4.69, 9.17) is 5.73 Å². The highest BCUT2D eigenvalue weighted by atomic mass is 32.1. The summed E-state index contributed by atoms with van der Waals surface area (Å²) in [5.74, 6) is 0. The smallest absolute Gasteiger partial charge is 0.184 e. The highest BCUT2D eigenvalue weighted by Crippen LogP contribution is 1.99. The molecule has 4 heteroatoms. The number of unbranched alkanes of at least 4 members (excludes halogenated alkanes) is 4. The third-order valence-corrected chi connectivity index (χ3v) is 1.54. The first-order valence-corrected chi connectivity index (χ1v) is 4.75. The van der Waals surface area contributed by atoms with Crippen LogP contribution in [0.4, 0.5) is 0 Å². The average Bonchev–Trinajstić information content (AvgIpc) is 2.02. The molecule has 0 spiro atoms. The molecule has 0 heterocycles. The zero-order valence-electron chi connectivity index (χ0n) is 7.55. The van der Waals surface area contributed by atoms with Gasteiger partial charge in [0, 0.05) is 6.21 Å². The zero-order chi connectivity index (χ0) is 9.23. The molecule has 0 aliphatic rings. The van der Waals surface area contributed by atoms with Crippen molar-refractivity contribution in [3.05, 3.63) is 0 Å². The van der Waals surface area contributed by atoms with Crippen LogP contribution >= 0.6 is 12.2 Å². The Labute approximate surface area is 79.4 Å². The van der Waals surface area contributed by atoms with Crippen molar-refractivity contribution in [2.75, 3.05) is 0 Å². The fourth-order valence-corrected chi connectivity index (χ4v) is 0.889. The van der Waals surface area contributed by atoms with Crippen LogP contribution in [0.5, 0.6) is 0 Å². The predicted octanol–water partition coefficient (Wildman–Crippen LogP) is 1.78. The molecule has 70 valence electrons. The molecular formula is C8H17N3S. The van der Waals surface area contributed by atoms with Crippen molar-refractivity contribution in [2.45, 2.75) is 39.0 Å². The van der Waals surface area contributed by atoms with E-state index in [0.29, 0.717) is 0 Å². The Morgan fingerprint density at radius 1 is 1.50 bits per heavy atom. The third-order valence-electron chi connectivity index (χ3n) is 1.45. The highest BCUT2D eigenvalue weighted by Gasteiger charge is 1.84. The molecule has 0 radical (unpaired) electrons. The lowest BCUT2D eigenvalue weighted by molar-refractivity contribution is 0.684. The molecule has 0 unspecified atom stereocenters. The van der Waals surface area contributed by atoms with Gasteiger partial charge in [0.1, 0.15) is 0 Å². The van der Waals surface area contributed by atoms with E-state index in [0.717, 1.165) is 6.42 Å². The lowest BCUT2D eigenvalue weighted by Gasteiger charge is -1.95. The van der Waals surface area contributed by atoms with Crippen LogP contribution in [-0.2, 0) is 0 Å². The van der Waals surface area contributed by atoms with E-state index in [9.17, 15) is 0 Å². The summed E-state index contributed by atoms with van der Waals surface area (Å²) in [5, 5.41) is 4.05. The molecular weight excluding hydrogens is 170 g/mol. The van der Waals surface area contributed by atoms with E-state index in [1.807, 2.05) is 6.21 Å². The monoisotopic (exact) mass is 187 g/mol. The number of hydrogen-bond donors (Lipinski definition) is 2. The molecule has 0 amide bonds. The first-order valence-electron chi connectivity index (χ1n) is 4.34. The predicted molar refractivity (Wildman–Crippen MR) is 57.2 cm³/mol. The van der Waals surface area contributed by atoms with Crippen molar-refractivity contribution in [1.82, 2.24) is 5.43 Å². The quantitative estimate of drug-likeness (QED) is 0.288. The lowest BCUT2D eigenvalue weighted by atomic mass is 10.2. The number of nitrogens with zero attached hydrogens (tertiary/aromatic N) is 1. The summed E-state index contributed by atoms with van der Waals surface area (Å²) < 4.78 is 0. The summed E-state index contributed by atoms with van der Waals surface area (Å²) in [6, 6.07) is 0. The van der Waals surface area contributed by atoms with Gasteiger partial charge in [-0.3, -0.25) is 5.43 Å². The minimum Gasteiger partial charge on any atom is -0.375 e. The Morgan fingerprint density at radius 2 is 2.25 bits per heavy atom. The number of hydrogen-bond acceptors (Lipinski definition) is 2. The molecule has 0 saturated carbocycles. The molecule has 3 N–H and O–H groups in total. The molecule has 0 aliphatic heterocycles. The fourth-order valence-electron chi connectivity index (χ4n) is 0.836. The Hall–Kier alpha value is -0.640. The normalized spacial score (nSPS) is 10.4. The summed E-state index contributed by atoms with van der Waals surface area (Å²) in [6.07, 6.45) is 7.84. The summed E-state index contributed by atoms with van der Waals surface area (Å²) in [7, 11) is 0. The molecule has 0 aliphatic carbocycles. The topological polar surface area (TPSA) is 50.4 Å². The molecule has 0 atom stereocenters. The molecule has 0 aromatic rings. The summed E-state index contributed by atoms with van der Waals surface area (Å²) in [6.45, 7) is 2.20. The van der Waals surface area contributed by atoms with Gasteiger partial charge in [-0.15, -0.1) is 0 Å². The zero-order valence-corrected chi connectivity index (χ0v) is 8.36. The standard InChI is InChI=1S/C8H17N3S/c1-2-3-4-5-6-7-10-11-8(9)12/h7H,2-6H2,1H3,(H3,9,11,12)/b10-7-. The van der Waals surface area contributed by atoms with Crippen LogP contribution in [0.25, 0.3) is 0 Å². The van der Waals surface area contributed by atoms with E-state index in [1.54, 1.807) is 0 Å². The molecule has 3 nitrogen and oxygen atoms in total. The number of thiocarbonyl (C=S) groups is 1. The van der Waals surface area contributed by atoms with Crippen LogP contribution in [0.2, 0.25) is 0 Å². The van der Waals surface area contributed by atoms with Crippen molar-refractivity contribution < 1.29 is 0 Å². The van der Waals surface area contributed by atoms with Crippen molar-refractivity contribution >= 4 is 23.5 Å². The summed E-state index contributed by atoms with van der Waals surface area (Å²) in [5.41, 5.74) is 7.68. The first kappa shape index (κ1) is 11.4. The van der Waals surface area contributed by atoms with Crippen LogP contribution in [0.3, 0.4) is 0 Å². The lowest BCUT2D eigenvalue weighted by Crippen LogP contribution is -2.23. The Kier molecular flexibility index (Phi) is 8.01. The average molecular weight is 187 g/mol. The van der Waals surface area contributed by atoms with Crippen molar-refractivity contribution in [3.8, 4) is 0 Å². The van der Waals surface area contributed by atoms with Gasteiger partial charge in [-0.25, -0.2) is 0 Å². The van der Waals surface area contributed by atoms with Gasteiger partial charge < -0.3 is 5.73 Å². The van der Waals surface area contributed by atoms with E-state index >= 15 is 0 Å². The SMILES string of the molecule is CCCCCC/C=N\NC(N)=S. The van der Waals surface area contributed by atoms with Gasteiger partial charge in [-0.1, -0.05) is 26.2 Å². The Balaban J connectivity index is 3.08. The van der Waals surface area contributed by atoms with E-state index in [-0.39, 0.29) is 5.11 Å². The van der Waals surface area contributed by atoms with Crippen LogP contribution < -0.4 is 11.2 Å². The molecule has 0 rings (SSSR count). The molecule has 12 heavy (non-hydrogen) atoms. The second-order valence-electron chi connectivity index (χ2n) is 2.64. The van der Waals surface area contributed by atoms with E-state index in [1.165, 1.54) is 25.7 Å². The second-order valence-corrected chi connectivity index (χ2v) is 3.08. The number of hydrazone groups is 1. The summed E-state index contributed by atoms with van der Waals surface area (Å²) in [4.78, 5) is 0. The first-order chi connectivity index (χ1) is 5.77. The van der Waals surface area contributed by atoms with Gasteiger partial charge in [0.2, 0.25) is 0 Å². The van der Waals surface area contributed by atoms with Gasteiger partial charge in [-0.05, 0) is 25.1 Å². The Morgan fingerprint density at radius 3 is 2.83 bits per heavy atom. The van der Waals surface area contributed by atoms with Gasteiger partial charge >= 0.3 is 0 Å². The molecule has 0 aromatic heterocycles. The Bertz CT molecular complexity index is 145. The minimum absolute atomic E-state index is 0.222. The maximum atomic E-state index is 5.16. The number of nitrogens with two attached hydrogens (primary N) is 1. The van der Waals surface area contributed by atoms with Crippen LogP contribution in [0.1, 0.15) is 39.0 Å². The molecule has 0 saturated heterocycles. The van der Waals surface area contributed by atoms with Crippen LogP contribution in [0.15, 0.2) is 5.10 Å². The molecule has 0 aromatic carbocycles. The minimum atomic E-state index is 0.222. The van der Waals surface area contributed by atoms with Crippen LogP contribution in [0, 0.1) is 0 Å². The van der Waals surface area contributed by atoms with Gasteiger partial charge in [-0.2, -0.15) is 5.10 Å². The fraction of sp³-hybridized carbons (Fsp3) is 0.750. The number of rotatable bonds is 6. The van der Waals surface area contributed by atoms with Crippen LogP contribution in [-0.4, -0.2) is 11.3 Å². The van der Waals surface area contributed by atoms with Gasteiger partial charge in [0.05, 0.1) is 0 Å².